The van der Waals surface area contributed by atoms with E-state index < -0.39 is 24.1 Å². The van der Waals surface area contributed by atoms with Crippen molar-refractivity contribution in [2.24, 2.45) is 0 Å². The van der Waals surface area contributed by atoms with Gasteiger partial charge in [-0.2, -0.15) is 0 Å². The van der Waals surface area contributed by atoms with Gasteiger partial charge in [-0.05, 0) is 37.5 Å². The molecule has 2 aliphatic rings. The standard InChI is InChI=1S/C17H19ClN2O4/c1-11-5-6-12(18)13(9-11)24-14(21)10-20-15(22)17(19-16(20)23)7-3-2-4-8-17/h5-6,9H,2-4,7-8,10H2,1H3,(H,19,23). The number of amides is 3. The number of nitrogens with one attached hydrogen (secondary N) is 1. The highest BCUT2D eigenvalue weighted by Gasteiger charge is 2.51. The van der Waals surface area contributed by atoms with Gasteiger partial charge in [0.2, 0.25) is 0 Å². The van der Waals surface area contributed by atoms with E-state index in [1.165, 1.54) is 0 Å². The van der Waals surface area contributed by atoms with Crippen molar-refractivity contribution in [2.75, 3.05) is 6.54 Å². The van der Waals surface area contributed by atoms with E-state index in [0.717, 1.165) is 29.7 Å². The molecule has 6 nitrogen and oxygen atoms in total. The van der Waals surface area contributed by atoms with E-state index in [1.807, 2.05) is 6.92 Å². The summed E-state index contributed by atoms with van der Waals surface area (Å²) in [6.07, 6.45) is 4.07. The van der Waals surface area contributed by atoms with E-state index in [-0.39, 0.29) is 11.7 Å². The second-order valence-corrected chi connectivity index (χ2v) is 6.78. The first kappa shape index (κ1) is 16.8. The van der Waals surface area contributed by atoms with Crippen LogP contribution in [-0.4, -0.2) is 34.9 Å². The van der Waals surface area contributed by atoms with Gasteiger partial charge in [-0.1, -0.05) is 36.9 Å². The third-order valence-corrected chi connectivity index (χ3v) is 4.86. The van der Waals surface area contributed by atoms with Gasteiger partial charge in [0.25, 0.3) is 5.91 Å². The average Bonchev–Trinajstić information content (AvgIpc) is 2.76. The van der Waals surface area contributed by atoms with Crippen LogP contribution < -0.4 is 10.1 Å². The molecule has 1 aromatic rings. The van der Waals surface area contributed by atoms with Crippen LogP contribution in [0.25, 0.3) is 0 Å². The Hall–Kier alpha value is -2.08. The molecule has 7 heteroatoms. The lowest BCUT2D eigenvalue weighted by Gasteiger charge is -2.30. The SMILES string of the molecule is Cc1ccc(Cl)c(OC(=O)CN2C(=O)NC3(CCCCC3)C2=O)c1. The monoisotopic (exact) mass is 350 g/mol. The fraction of sp³-hybridized carbons (Fsp3) is 0.471. The first-order valence-corrected chi connectivity index (χ1v) is 8.40. The highest BCUT2D eigenvalue weighted by Crippen LogP contribution is 2.33. The highest BCUT2D eigenvalue weighted by atomic mass is 35.5. The quantitative estimate of drug-likeness (QED) is 0.516. The molecule has 1 N–H and O–H groups in total. The summed E-state index contributed by atoms with van der Waals surface area (Å²) in [4.78, 5) is 37.8. The van der Waals surface area contributed by atoms with E-state index in [1.54, 1.807) is 18.2 Å². The molecule has 1 spiro atoms. The Morgan fingerprint density at radius 3 is 2.71 bits per heavy atom. The molecule has 1 saturated carbocycles. The van der Waals surface area contributed by atoms with Crippen LogP contribution in [0.1, 0.15) is 37.7 Å². The largest absolute Gasteiger partial charge is 0.424 e. The van der Waals surface area contributed by atoms with Crippen molar-refractivity contribution in [1.82, 2.24) is 10.2 Å². The molecule has 1 aliphatic carbocycles. The number of carbonyl (C=O) groups is 3. The third kappa shape index (κ3) is 3.11. The maximum absolute atomic E-state index is 12.6. The smallest absolute Gasteiger partial charge is 0.331 e. The molecule has 0 radical (unpaired) electrons. The van der Waals surface area contributed by atoms with Gasteiger partial charge in [0, 0.05) is 0 Å². The Morgan fingerprint density at radius 1 is 1.29 bits per heavy atom. The van der Waals surface area contributed by atoms with Crippen LogP contribution in [0.5, 0.6) is 5.75 Å². The molecule has 0 aromatic heterocycles. The molecular weight excluding hydrogens is 332 g/mol. The summed E-state index contributed by atoms with van der Waals surface area (Å²) >= 11 is 5.99. The molecule has 3 amide bonds. The Balaban J connectivity index is 1.69. The van der Waals surface area contributed by atoms with Crippen LogP contribution in [0.2, 0.25) is 5.02 Å². The average molecular weight is 351 g/mol. The van der Waals surface area contributed by atoms with E-state index in [9.17, 15) is 14.4 Å². The summed E-state index contributed by atoms with van der Waals surface area (Å²) in [6, 6.07) is 4.53. The lowest BCUT2D eigenvalue weighted by Crippen LogP contribution is -2.48. The van der Waals surface area contributed by atoms with Crippen LogP contribution in [-0.2, 0) is 9.59 Å². The van der Waals surface area contributed by atoms with Gasteiger partial charge in [0.05, 0.1) is 5.02 Å². The van der Waals surface area contributed by atoms with Crippen LogP contribution >= 0.6 is 11.6 Å². The number of imide groups is 1. The molecule has 24 heavy (non-hydrogen) atoms. The molecule has 128 valence electrons. The fourth-order valence-electron chi connectivity index (χ4n) is 3.29. The van der Waals surface area contributed by atoms with Crippen LogP contribution in [0.3, 0.4) is 0 Å². The molecule has 1 aliphatic heterocycles. The minimum Gasteiger partial charge on any atom is -0.424 e. The molecule has 2 fully saturated rings. The number of benzene rings is 1. The van der Waals surface area contributed by atoms with Gasteiger partial charge in [-0.15, -0.1) is 0 Å². The van der Waals surface area contributed by atoms with Gasteiger partial charge < -0.3 is 10.1 Å². The Bertz CT molecular complexity index is 698. The Kier molecular flexibility index (Phi) is 4.49. The first-order chi connectivity index (χ1) is 11.4. The fourth-order valence-corrected chi connectivity index (χ4v) is 3.44. The van der Waals surface area contributed by atoms with E-state index in [4.69, 9.17) is 16.3 Å². The maximum atomic E-state index is 12.6. The third-order valence-electron chi connectivity index (χ3n) is 4.55. The normalized spacial score (nSPS) is 19.5. The maximum Gasteiger partial charge on any atom is 0.331 e. The first-order valence-electron chi connectivity index (χ1n) is 8.02. The van der Waals surface area contributed by atoms with Crippen LogP contribution in [0.4, 0.5) is 4.79 Å². The molecule has 1 saturated heterocycles. The number of hydrogen-bond donors (Lipinski definition) is 1. The number of halogens is 1. The van der Waals surface area contributed by atoms with Gasteiger partial charge >= 0.3 is 12.0 Å². The zero-order chi connectivity index (χ0) is 17.3. The molecule has 0 unspecified atom stereocenters. The van der Waals surface area contributed by atoms with Gasteiger partial charge in [-0.25, -0.2) is 9.59 Å². The van der Waals surface area contributed by atoms with E-state index in [0.29, 0.717) is 17.9 Å². The lowest BCUT2D eigenvalue weighted by atomic mass is 9.82. The predicted octanol–water partition coefficient (Wildman–Crippen LogP) is 2.81. The Morgan fingerprint density at radius 2 is 2.00 bits per heavy atom. The van der Waals surface area contributed by atoms with Crippen molar-refractivity contribution in [3.8, 4) is 5.75 Å². The Labute approximate surface area is 145 Å². The van der Waals surface area contributed by atoms with Crippen LogP contribution in [0.15, 0.2) is 18.2 Å². The highest BCUT2D eigenvalue weighted by molar-refractivity contribution is 6.32. The van der Waals surface area contributed by atoms with E-state index >= 15 is 0 Å². The van der Waals surface area contributed by atoms with Crippen molar-refractivity contribution < 1.29 is 19.1 Å². The predicted molar refractivity (Wildman–Crippen MR) is 87.9 cm³/mol. The number of rotatable bonds is 3. The number of urea groups is 1. The van der Waals surface area contributed by atoms with Gasteiger partial charge in [0.15, 0.2) is 0 Å². The topological polar surface area (TPSA) is 75.7 Å². The van der Waals surface area contributed by atoms with Crippen molar-refractivity contribution in [2.45, 2.75) is 44.6 Å². The summed E-state index contributed by atoms with van der Waals surface area (Å²) in [7, 11) is 0. The number of hydrogen-bond acceptors (Lipinski definition) is 4. The molecule has 0 atom stereocenters. The van der Waals surface area contributed by atoms with Gasteiger partial charge in [0.1, 0.15) is 17.8 Å². The lowest BCUT2D eigenvalue weighted by molar-refractivity contribution is -0.141. The molecule has 1 aromatic carbocycles. The zero-order valence-electron chi connectivity index (χ0n) is 13.4. The van der Waals surface area contributed by atoms with Crippen molar-refractivity contribution >= 4 is 29.5 Å². The summed E-state index contributed by atoms with van der Waals surface area (Å²) < 4.78 is 5.22. The van der Waals surface area contributed by atoms with E-state index in [2.05, 4.69) is 5.32 Å². The summed E-state index contributed by atoms with van der Waals surface area (Å²) in [6.45, 7) is 1.43. The molecule has 1 heterocycles. The molecule has 3 rings (SSSR count). The number of esters is 1. The molecular formula is C17H19ClN2O4. The minimum atomic E-state index is -0.837. The number of carbonyl (C=O) groups excluding carboxylic acids is 3. The minimum absolute atomic E-state index is 0.223. The van der Waals surface area contributed by atoms with Crippen molar-refractivity contribution in [1.29, 1.82) is 0 Å². The number of ether oxygens (including phenoxy) is 1. The van der Waals surface area contributed by atoms with Crippen LogP contribution in [0, 0.1) is 6.92 Å². The van der Waals surface area contributed by atoms with Crippen molar-refractivity contribution in [3.63, 3.8) is 0 Å². The number of aryl methyl sites for hydroxylation is 1. The summed E-state index contributed by atoms with van der Waals surface area (Å²) in [5.74, 6) is -0.806. The second kappa shape index (κ2) is 6.43. The number of nitrogens with zero attached hydrogens (tertiary/aromatic N) is 1. The second-order valence-electron chi connectivity index (χ2n) is 6.37. The summed E-state index contributed by atoms with van der Waals surface area (Å²) in [5, 5.41) is 3.06. The van der Waals surface area contributed by atoms with Crippen molar-refractivity contribution in [3.05, 3.63) is 28.8 Å². The summed E-state index contributed by atoms with van der Waals surface area (Å²) in [5.41, 5.74) is 0.0506. The van der Waals surface area contributed by atoms with Gasteiger partial charge in [-0.3, -0.25) is 9.69 Å². The molecule has 0 bridgehead atoms. The zero-order valence-corrected chi connectivity index (χ0v) is 14.2.